The van der Waals surface area contributed by atoms with Crippen LogP contribution >= 0.6 is 11.3 Å². The van der Waals surface area contributed by atoms with Crippen LogP contribution in [0.25, 0.3) is 22.5 Å². The highest BCUT2D eigenvalue weighted by Crippen LogP contribution is 2.42. The maximum atomic E-state index is 13.6. The second-order valence-electron chi connectivity index (χ2n) is 9.45. The first-order valence-corrected chi connectivity index (χ1v) is 12.4. The summed E-state index contributed by atoms with van der Waals surface area (Å²) in [5, 5.41) is 9.00. The van der Waals surface area contributed by atoms with Crippen molar-refractivity contribution in [1.82, 2.24) is 14.7 Å². The molecule has 34 heavy (non-hydrogen) atoms. The Labute approximate surface area is 205 Å². The van der Waals surface area contributed by atoms with Crippen LogP contribution in [0.2, 0.25) is 0 Å². The van der Waals surface area contributed by atoms with E-state index < -0.39 is 0 Å². The Balaban J connectivity index is 1.99. The minimum absolute atomic E-state index is 0.0535. The summed E-state index contributed by atoms with van der Waals surface area (Å²) in [7, 11) is 5.31. The number of carbonyl (C=O) groups is 1. The largest absolute Gasteiger partial charge is 0.496 e. The molecule has 0 N–H and O–H groups in total. The van der Waals surface area contributed by atoms with E-state index in [1.807, 2.05) is 63.2 Å². The molecule has 6 nitrogen and oxygen atoms in total. The van der Waals surface area contributed by atoms with Crippen LogP contribution in [0.1, 0.15) is 54.9 Å². The highest BCUT2D eigenvalue weighted by atomic mass is 32.1. The molecule has 0 saturated heterocycles. The molecule has 2 aromatic heterocycles. The number of carbonyl (C=O) groups excluding carboxylic acids is 1. The van der Waals surface area contributed by atoms with Gasteiger partial charge in [0.1, 0.15) is 5.75 Å². The molecule has 0 spiro atoms. The van der Waals surface area contributed by atoms with Crippen molar-refractivity contribution >= 4 is 29.0 Å². The summed E-state index contributed by atoms with van der Waals surface area (Å²) < 4.78 is 7.70. The van der Waals surface area contributed by atoms with Crippen LogP contribution in [-0.2, 0) is 12.8 Å². The number of hydrogen-bond donors (Lipinski definition) is 0. The third-order valence-electron chi connectivity index (χ3n) is 6.46. The van der Waals surface area contributed by atoms with Crippen molar-refractivity contribution in [1.29, 1.82) is 0 Å². The van der Waals surface area contributed by atoms with Crippen LogP contribution in [-0.4, -0.2) is 53.5 Å². The number of allylic oxidation sites excluding steroid dienone is 2. The van der Waals surface area contributed by atoms with Gasteiger partial charge in [-0.05, 0) is 75.3 Å². The van der Waals surface area contributed by atoms with Gasteiger partial charge in [0.2, 0.25) is 0 Å². The molecule has 4 rings (SSSR count). The number of fused-ring (bicyclic) bond motifs is 3. The summed E-state index contributed by atoms with van der Waals surface area (Å²) >= 11 is 1.62. The number of aryl methyl sites for hydroxylation is 1. The van der Waals surface area contributed by atoms with Crippen LogP contribution in [0.5, 0.6) is 5.75 Å². The van der Waals surface area contributed by atoms with Gasteiger partial charge in [0.05, 0.1) is 18.5 Å². The van der Waals surface area contributed by atoms with Crippen LogP contribution < -0.4 is 4.74 Å². The zero-order chi connectivity index (χ0) is 24.6. The Bertz CT molecular complexity index is 1280. The van der Waals surface area contributed by atoms with Gasteiger partial charge in [-0.2, -0.15) is 16.4 Å². The minimum Gasteiger partial charge on any atom is -0.496 e. The molecular formula is C27H32N4O2S. The Hall–Kier alpha value is -3.19. The normalized spacial score (nSPS) is 13.7. The van der Waals surface area contributed by atoms with E-state index in [0.717, 1.165) is 52.2 Å². The summed E-state index contributed by atoms with van der Waals surface area (Å²) in [5.74, 6) is 0.766. The molecule has 0 saturated carbocycles. The highest BCUT2D eigenvalue weighted by molar-refractivity contribution is 7.08. The van der Waals surface area contributed by atoms with E-state index >= 15 is 0 Å². The van der Waals surface area contributed by atoms with Gasteiger partial charge in [-0.25, -0.2) is 4.68 Å². The van der Waals surface area contributed by atoms with E-state index in [9.17, 15) is 4.79 Å². The Kier molecular flexibility index (Phi) is 6.49. The predicted molar refractivity (Wildman–Crippen MR) is 141 cm³/mol. The molecule has 1 amide bonds. The van der Waals surface area contributed by atoms with Gasteiger partial charge < -0.3 is 9.64 Å². The minimum atomic E-state index is -0.302. The summed E-state index contributed by atoms with van der Waals surface area (Å²) in [4.78, 5) is 19.6. The lowest BCUT2D eigenvalue weighted by molar-refractivity contribution is 0.0648. The number of methoxy groups -OCH3 is 1. The zero-order valence-electron chi connectivity index (χ0n) is 21.0. The Morgan fingerprint density at radius 2 is 2.06 bits per heavy atom. The van der Waals surface area contributed by atoms with Gasteiger partial charge in [-0.15, -0.1) is 0 Å². The number of thiophene rings is 1. The fourth-order valence-electron chi connectivity index (χ4n) is 4.31. The van der Waals surface area contributed by atoms with Crippen molar-refractivity contribution in [2.45, 2.75) is 46.1 Å². The average Bonchev–Trinajstić information content (AvgIpc) is 3.48. The van der Waals surface area contributed by atoms with Gasteiger partial charge in [-0.1, -0.05) is 6.08 Å². The summed E-state index contributed by atoms with van der Waals surface area (Å²) in [6, 6.07) is 6.32. The van der Waals surface area contributed by atoms with E-state index in [0.29, 0.717) is 5.69 Å². The molecule has 0 fully saturated rings. The number of aliphatic imine (C=N–C) groups is 1. The molecule has 0 atom stereocenters. The van der Waals surface area contributed by atoms with Gasteiger partial charge in [-0.3, -0.25) is 9.79 Å². The number of benzene rings is 1. The van der Waals surface area contributed by atoms with E-state index in [1.165, 1.54) is 5.56 Å². The van der Waals surface area contributed by atoms with Crippen molar-refractivity contribution in [3.8, 4) is 22.7 Å². The Morgan fingerprint density at radius 3 is 2.65 bits per heavy atom. The molecule has 0 bridgehead atoms. The quantitative estimate of drug-likeness (QED) is 0.445. The number of aromatic nitrogens is 2. The van der Waals surface area contributed by atoms with Crippen molar-refractivity contribution in [3.63, 3.8) is 0 Å². The van der Waals surface area contributed by atoms with Crippen molar-refractivity contribution < 1.29 is 9.53 Å². The molecule has 178 valence electrons. The first kappa shape index (κ1) is 24.0. The molecule has 2 heterocycles. The van der Waals surface area contributed by atoms with Crippen molar-refractivity contribution in [2.24, 2.45) is 4.99 Å². The summed E-state index contributed by atoms with van der Waals surface area (Å²) in [6.07, 6.45) is 5.45. The third kappa shape index (κ3) is 4.09. The monoisotopic (exact) mass is 476 g/mol. The number of ether oxygens (including phenoxy) is 1. The molecule has 1 aliphatic carbocycles. The maximum Gasteiger partial charge on any atom is 0.274 e. The van der Waals surface area contributed by atoms with Crippen molar-refractivity contribution in [2.75, 3.05) is 21.2 Å². The molecule has 0 radical (unpaired) electrons. The molecule has 1 aliphatic rings. The van der Waals surface area contributed by atoms with Gasteiger partial charge in [0, 0.05) is 47.9 Å². The predicted octanol–water partition coefficient (Wildman–Crippen LogP) is 5.68. The molecule has 3 aromatic rings. The number of hydrogen-bond acceptors (Lipinski definition) is 5. The second-order valence-corrected chi connectivity index (χ2v) is 10.2. The van der Waals surface area contributed by atoms with E-state index in [4.69, 9.17) is 9.84 Å². The van der Waals surface area contributed by atoms with Gasteiger partial charge in [0.15, 0.2) is 5.69 Å². The van der Waals surface area contributed by atoms with Crippen molar-refractivity contribution in [3.05, 3.63) is 57.4 Å². The highest BCUT2D eigenvalue weighted by Gasteiger charge is 2.33. The number of amides is 1. The first-order chi connectivity index (χ1) is 16.2. The molecule has 7 heteroatoms. The third-order valence-corrected chi connectivity index (χ3v) is 7.13. The molecule has 0 aliphatic heterocycles. The van der Waals surface area contributed by atoms with Gasteiger partial charge in [0.25, 0.3) is 5.91 Å². The van der Waals surface area contributed by atoms with E-state index in [2.05, 4.69) is 22.5 Å². The molecule has 1 aromatic carbocycles. The Morgan fingerprint density at radius 1 is 1.29 bits per heavy atom. The molecule has 0 unspecified atom stereocenters. The van der Waals surface area contributed by atoms with Crippen LogP contribution in [0, 0.1) is 0 Å². The van der Waals surface area contributed by atoms with E-state index in [-0.39, 0.29) is 11.4 Å². The lowest BCUT2D eigenvalue weighted by atomic mass is 9.86. The fourth-order valence-corrected chi connectivity index (χ4v) is 4.92. The number of rotatable bonds is 5. The lowest BCUT2D eigenvalue weighted by Gasteiger charge is -2.31. The summed E-state index contributed by atoms with van der Waals surface area (Å²) in [5.41, 5.74) is 7.41. The van der Waals surface area contributed by atoms with E-state index in [1.54, 1.807) is 30.4 Å². The standard InChI is InChI=1S/C27H32N4O2S/c1-8-17(15-28-5)21-14-22-18(13-23(21)33-7)9-10-20-24(26(32)30(6)27(2,3)4)29-31(25(20)22)19-11-12-34-16-19/h8,11-16H,9-10H2,1-7H3/b17-8+,28-15?. The lowest BCUT2D eigenvalue weighted by Crippen LogP contribution is -2.43. The second kappa shape index (κ2) is 9.22. The maximum absolute atomic E-state index is 13.6. The first-order valence-electron chi connectivity index (χ1n) is 11.4. The SMILES string of the molecule is C/C=C(\C=NC)c1cc2c(cc1OC)CCc1c(C(=O)N(C)C(C)(C)C)nn(-c3ccsc3)c1-2. The fraction of sp³-hybridized carbons (Fsp3) is 0.370. The zero-order valence-corrected chi connectivity index (χ0v) is 21.8. The summed E-state index contributed by atoms with van der Waals surface area (Å²) in [6.45, 7) is 8.11. The smallest absolute Gasteiger partial charge is 0.274 e. The average molecular weight is 477 g/mol. The van der Waals surface area contributed by atoms with Crippen LogP contribution in [0.3, 0.4) is 0 Å². The van der Waals surface area contributed by atoms with Crippen LogP contribution in [0.15, 0.2) is 40.0 Å². The molecular weight excluding hydrogens is 444 g/mol. The van der Waals surface area contributed by atoms with Gasteiger partial charge >= 0.3 is 0 Å². The van der Waals surface area contributed by atoms with Crippen LogP contribution in [0.4, 0.5) is 0 Å². The number of nitrogens with zero attached hydrogens (tertiary/aromatic N) is 4. The topological polar surface area (TPSA) is 59.7 Å².